The number of aryl methyl sites for hydroxylation is 3. The van der Waals surface area contributed by atoms with Crippen LogP contribution >= 0.6 is 23.2 Å². The van der Waals surface area contributed by atoms with E-state index in [4.69, 9.17) is 23.2 Å². The van der Waals surface area contributed by atoms with Gasteiger partial charge in [-0.25, -0.2) is 0 Å². The van der Waals surface area contributed by atoms with E-state index in [0.29, 0.717) is 5.02 Å². The van der Waals surface area contributed by atoms with Crippen molar-refractivity contribution in [3.63, 3.8) is 0 Å². The number of rotatable bonds is 5. The Morgan fingerprint density at radius 2 is 1.82 bits per heavy atom. The highest BCUT2D eigenvalue weighted by Crippen LogP contribution is 2.25. The SMILES string of the molecule is C/C=C(/CC)c1ccc(CCc2ccc(Cl)cc2Cl)cc1C. The van der Waals surface area contributed by atoms with Crippen LogP contribution in [0.4, 0.5) is 0 Å². The summed E-state index contributed by atoms with van der Waals surface area (Å²) in [5.74, 6) is 0. The Bertz CT molecular complexity index is 684. The van der Waals surface area contributed by atoms with Crippen LogP contribution in [0.3, 0.4) is 0 Å². The molecule has 0 saturated heterocycles. The van der Waals surface area contributed by atoms with Crippen LogP contribution in [0.1, 0.15) is 42.5 Å². The Kier molecular flexibility index (Phi) is 6.11. The van der Waals surface area contributed by atoms with Gasteiger partial charge in [0, 0.05) is 10.0 Å². The molecule has 2 aromatic rings. The molecule has 0 radical (unpaired) electrons. The Balaban J connectivity index is 2.13. The lowest BCUT2D eigenvalue weighted by Gasteiger charge is -2.11. The summed E-state index contributed by atoms with van der Waals surface area (Å²) in [6.07, 6.45) is 5.19. The second kappa shape index (κ2) is 7.85. The second-order valence-electron chi connectivity index (χ2n) is 5.55. The van der Waals surface area contributed by atoms with E-state index in [2.05, 4.69) is 45.0 Å². The molecular formula is C20H22Cl2. The van der Waals surface area contributed by atoms with Crippen molar-refractivity contribution >= 4 is 28.8 Å². The van der Waals surface area contributed by atoms with E-state index >= 15 is 0 Å². The maximum Gasteiger partial charge on any atom is 0.0452 e. The first kappa shape index (κ1) is 17.1. The average molecular weight is 333 g/mol. The van der Waals surface area contributed by atoms with Crippen LogP contribution in [-0.4, -0.2) is 0 Å². The summed E-state index contributed by atoms with van der Waals surface area (Å²) in [6, 6.07) is 12.5. The minimum atomic E-state index is 0.687. The van der Waals surface area contributed by atoms with E-state index < -0.39 is 0 Å². The molecule has 0 spiro atoms. The zero-order valence-corrected chi connectivity index (χ0v) is 14.9. The molecule has 0 unspecified atom stereocenters. The molecule has 2 heteroatoms. The molecule has 0 saturated carbocycles. The molecule has 0 bridgehead atoms. The summed E-state index contributed by atoms with van der Waals surface area (Å²) in [6.45, 7) is 6.49. The standard InChI is InChI=1S/C20H22Cl2/c1-4-16(5-2)19-11-7-15(12-14(19)3)6-8-17-9-10-18(21)13-20(17)22/h4,7,9-13H,5-6,8H2,1-3H3/b16-4-. The van der Waals surface area contributed by atoms with Crippen molar-refractivity contribution in [3.8, 4) is 0 Å². The molecule has 0 heterocycles. The summed E-state index contributed by atoms with van der Waals surface area (Å²) in [4.78, 5) is 0. The zero-order chi connectivity index (χ0) is 16.1. The summed E-state index contributed by atoms with van der Waals surface area (Å²) < 4.78 is 0. The van der Waals surface area contributed by atoms with E-state index in [0.717, 1.165) is 29.8 Å². The fraction of sp³-hybridized carbons (Fsp3) is 0.300. The number of benzene rings is 2. The van der Waals surface area contributed by atoms with E-state index in [1.54, 1.807) is 0 Å². The van der Waals surface area contributed by atoms with Crippen molar-refractivity contribution in [2.24, 2.45) is 0 Å². The van der Waals surface area contributed by atoms with Crippen LogP contribution in [-0.2, 0) is 12.8 Å². The van der Waals surface area contributed by atoms with Gasteiger partial charge in [-0.05, 0) is 73.1 Å². The lowest BCUT2D eigenvalue weighted by Crippen LogP contribution is -1.95. The van der Waals surface area contributed by atoms with Gasteiger partial charge in [0.05, 0.1) is 0 Å². The first-order valence-corrected chi connectivity index (χ1v) is 8.49. The second-order valence-corrected chi connectivity index (χ2v) is 6.40. The van der Waals surface area contributed by atoms with Gasteiger partial charge >= 0.3 is 0 Å². The van der Waals surface area contributed by atoms with Crippen molar-refractivity contribution in [1.82, 2.24) is 0 Å². The fourth-order valence-corrected chi connectivity index (χ4v) is 3.30. The molecule has 0 nitrogen and oxygen atoms in total. The van der Waals surface area contributed by atoms with Crippen LogP contribution < -0.4 is 0 Å². The molecule has 22 heavy (non-hydrogen) atoms. The van der Waals surface area contributed by atoms with Gasteiger partial charge in [-0.3, -0.25) is 0 Å². The molecular weight excluding hydrogens is 311 g/mol. The number of halogens is 2. The summed E-state index contributed by atoms with van der Waals surface area (Å²) in [5, 5.41) is 1.44. The lowest BCUT2D eigenvalue weighted by atomic mass is 9.95. The molecule has 0 aliphatic heterocycles. The molecule has 0 atom stereocenters. The maximum absolute atomic E-state index is 6.24. The minimum absolute atomic E-state index is 0.687. The Morgan fingerprint density at radius 3 is 2.41 bits per heavy atom. The molecule has 0 amide bonds. The molecule has 0 aliphatic rings. The quantitative estimate of drug-likeness (QED) is 0.558. The summed E-state index contributed by atoms with van der Waals surface area (Å²) in [5.41, 5.74) is 6.60. The number of hydrogen-bond acceptors (Lipinski definition) is 0. The van der Waals surface area contributed by atoms with Gasteiger partial charge < -0.3 is 0 Å². The van der Waals surface area contributed by atoms with Crippen molar-refractivity contribution < 1.29 is 0 Å². The van der Waals surface area contributed by atoms with Crippen molar-refractivity contribution in [3.05, 3.63) is 74.8 Å². The first-order valence-electron chi connectivity index (χ1n) is 7.74. The third kappa shape index (κ3) is 4.15. The molecule has 2 aromatic carbocycles. The largest absolute Gasteiger partial charge is 0.0843 e. The van der Waals surface area contributed by atoms with Crippen LogP contribution in [0.25, 0.3) is 5.57 Å². The van der Waals surface area contributed by atoms with E-state index in [1.807, 2.05) is 18.2 Å². The van der Waals surface area contributed by atoms with Crippen LogP contribution in [0, 0.1) is 6.92 Å². The van der Waals surface area contributed by atoms with Crippen molar-refractivity contribution in [1.29, 1.82) is 0 Å². The maximum atomic E-state index is 6.24. The van der Waals surface area contributed by atoms with Crippen LogP contribution in [0.5, 0.6) is 0 Å². The predicted octanol–water partition coefficient (Wildman–Crippen LogP) is 6.90. The monoisotopic (exact) mass is 332 g/mol. The highest BCUT2D eigenvalue weighted by Gasteiger charge is 2.06. The summed E-state index contributed by atoms with van der Waals surface area (Å²) >= 11 is 12.2. The highest BCUT2D eigenvalue weighted by atomic mass is 35.5. The highest BCUT2D eigenvalue weighted by molar-refractivity contribution is 6.35. The minimum Gasteiger partial charge on any atom is -0.0843 e. The van der Waals surface area contributed by atoms with Gasteiger partial charge in [-0.1, -0.05) is 60.5 Å². The molecule has 0 fully saturated rings. The molecule has 116 valence electrons. The van der Waals surface area contributed by atoms with Crippen molar-refractivity contribution in [2.45, 2.75) is 40.0 Å². The van der Waals surface area contributed by atoms with Gasteiger partial charge in [0.2, 0.25) is 0 Å². The van der Waals surface area contributed by atoms with Crippen molar-refractivity contribution in [2.75, 3.05) is 0 Å². The Labute approximate surface area is 143 Å². The third-order valence-corrected chi connectivity index (χ3v) is 4.65. The normalized spacial score (nSPS) is 11.8. The lowest BCUT2D eigenvalue weighted by molar-refractivity contribution is 0.957. The molecule has 2 rings (SSSR count). The zero-order valence-electron chi connectivity index (χ0n) is 13.4. The average Bonchev–Trinajstić information content (AvgIpc) is 2.49. The molecule has 0 aromatic heterocycles. The van der Waals surface area contributed by atoms with Gasteiger partial charge in [0.1, 0.15) is 0 Å². The molecule has 0 aliphatic carbocycles. The van der Waals surface area contributed by atoms with Gasteiger partial charge in [-0.15, -0.1) is 0 Å². The molecule has 0 N–H and O–H groups in total. The van der Waals surface area contributed by atoms with E-state index in [9.17, 15) is 0 Å². The number of allylic oxidation sites excluding steroid dienone is 2. The number of hydrogen-bond donors (Lipinski definition) is 0. The fourth-order valence-electron chi connectivity index (χ4n) is 2.80. The third-order valence-electron chi connectivity index (χ3n) is 4.06. The summed E-state index contributed by atoms with van der Waals surface area (Å²) in [7, 11) is 0. The van der Waals surface area contributed by atoms with Gasteiger partial charge in [-0.2, -0.15) is 0 Å². The first-order chi connectivity index (χ1) is 10.5. The van der Waals surface area contributed by atoms with Gasteiger partial charge in [0.15, 0.2) is 0 Å². The van der Waals surface area contributed by atoms with E-state index in [1.165, 1.54) is 22.3 Å². The van der Waals surface area contributed by atoms with Crippen LogP contribution in [0.15, 0.2) is 42.5 Å². The Hall–Kier alpha value is -1.24. The van der Waals surface area contributed by atoms with E-state index in [-0.39, 0.29) is 0 Å². The topological polar surface area (TPSA) is 0 Å². The van der Waals surface area contributed by atoms with Gasteiger partial charge in [0.25, 0.3) is 0 Å². The predicted molar refractivity (Wildman–Crippen MR) is 99.0 cm³/mol. The smallest absolute Gasteiger partial charge is 0.0452 e. The Morgan fingerprint density at radius 1 is 1.05 bits per heavy atom. The van der Waals surface area contributed by atoms with Crippen LogP contribution in [0.2, 0.25) is 10.0 Å².